The van der Waals surface area contributed by atoms with Crippen molar-refractivity contribution < 1.29 is 43.0 Å². The number of nitrogens with zero attached hydrogens (tertiary/aromatic N) is 2. The number of nitrogens with one attached hydrogen (secondary N) is 2. The van der Waals surface area contributed by atoms with Crippen LogP contribution in [0.1, 0.15) is 16.8 Å². The van der Waals surface area contributed by atoms with E-state index in [0.717, 1.165) is 11.1 Å². The van der Waals surface area contributed by atoms with Crippen LogP contribution in [0, 0.1) is 16.0 Å². The minimum Gasteiger partial charge on any atom is -0.497 e. The molecule has 1 atom stereocenters. The number of hydrogen-bond donors (Lipinski definition) is 2. The normalized spacial score (nSPS) is 14.5. The Balaban J connectivity index is 1.55. The molecule has 0 unspecified atom stereocenters. The fourth-order valence-corrected chi connectivity index (χ4v) is 3.48. The Hall–Kier alpha value is -4.88. The predicted octanol–water partition coefficient (Wildman–Crippen LogP) is 1.30. The van der Waals surface area contributed by atoms with Crippen molar-refractivity contribution in [1.29, 1.82) is 0 Å². The Kier molecular flexibility index (Phi) is 8.45. The molecule has 3 rings (SSSR count). The van der Waals surface area contributed by atoms with Gasteiger partial charge in [-0.05, 0) is 24.3 Å². The average molecular weight is 516 g/mol. The van der Waals surface area contributed by atoms with Crippen molar-refractivity contribution in [1.82, 2.24) is 10.4 Å². The molecule has 2 aromatic carbocycles. The monoisotopic (exact) mass is 516 g/mol. The first-order chi connectivity index (χ1) is 17.7. The van der Waals surface area contributed by atoms with Crippen LogP contribution < -0.4 is 25.0 Å². The zero-order valence-electron chi connectivity index (χ0n) is 20.1. The van der Waals surface area contributed by atoms with Gasteiger partial charge in [0.25, 0.3) is 17.5 Å². The molecule has 1 saturated heterocycles. The second-order valence-electron chi connectivity index (χ2n) is 7.71. The number of carbonyl (C=O) groups is 4. The molecule has 2 N–H and O–H groups in total. The Morgan fingerprint density at radius 2 is 1.78 bits per heavy atom. The summed E-state index contributed by atoms with van der Waals surface area (Å²) >= 11 is 0. The Morgan fingerprint density at radius 1 is 1.05 bits per heavy atom. The summed E-state index contributed by atoms with van der Waals surface area (Å²) in [4.78, 5) is 60.1. The van der Waals surface area contributed by atoms with Gasteiger partial charge >= 0.3 is 5.97 Å². The van der Waals surface area contributed by atoms with Gasteiger partial charge in [-0.15, -0.1) is 0 Å². The quantitative estimate of drug-likeness (QED) is 0.266. The van der Waals surface area contributed by atoms with Crippen LogP contribution in [0.3, 0.4) is 0 Å². The zero-order chi connectivity index (χ0) is 27.1. The second-order valence-corrected chi connectivity index (χ2v) is 7.71. The zero-order valence-corrected chi connectivity index (χ0v) is 20.1. The molecular formula is C23H24N4O10. The highest BCUT2D eigenvalue weighted by Gasteiger charge is 2.37. The summed E-state index contributed by atoms with van der Waals surface area (Å²) in [6, 6.07) is 8.23. The van der Waals surface area contributed by atoms with E-state index < -0.39 is 41.1 Å². The standard InChI is InChI=1S/C23H24N4O10/c1-34-15-5-6-17(27(32)33)16(10-15)24-20(28)12-37-23(31)14-9-21(29)26(11-14)25-22(30)13-4-7-18(35-2)19(8-13)36-3/h4-8,10,14H,9,11-12H2,1-3H3,(H,24,28)(H,25,30)/t14-/m1/s1. The Morgan fingerprint density at radius 3 is 2.43 bits per heavy atom. The van der Waals surface area contributed by atoms with Crippen molar-refractivity contribution in [2.75, 3.05) is 39.8 Å². The molecule has 0 aromatic heterocycles. The predicted molar refractivity (Wildman–Crippen MR) is 126 cm³/mol. The highest BCUT2D eigenvalue weighted by molar-refractivity contribution is 5.98. The number of hydrogen-bond acceptors (Lipinski definition) is 10. The van der Waals surface area contributed by atoms with E-state index in [1.165, 1.54) is 51.7 Å². The van der Waals surface area contributed by atoms with E-state index >= 15 is 0 Å². The van der Waals surface area contributed by atoms with Gasteiger partial charge < -0.3 is 24.3 Å². The number of carbonyl (C=O) groups excluding carboxylic acids is 4. The maximum absolute atomic E-state index is 12.6. The van der Waals surface area contributed by atoms with Crippen LogP contribution in [-0.4, -0.2) is 68.1 Å². The number of benzene rings is 2. The molecule has 2 aromatic rings. The van der Waals surface area contributed by atoms with Crippen molar-refractivity contribution in [3.8, 4) is 17.2 Å². The molecule has 3 amide bonds. The minimum atomic E-state index is -0.933. The van der Waals surface area contributed by atoms with Crippen LogP contribution in [0.5, 0.6) is 17.2 Å². The molecular weight excluding hydrogens is 492 g/mol. The number of esters is 1. The average Bonchev–Trinajstić information content (AvgIpc) is 3.26. The molecule has 1 aliphatic rings. The van der Waals surface area contributed by atoms with Gasteiger partial charge in [-0.3, -0.25) is 39.7 Å². The summed E-state index contributed by atoms with van der Waals surface area (Å²) in [5.74, 6) is -2.71. The Bertz CT molecular complexity index is 1230. The van der Waals surface area contributed by atoms with Gasteiger partial charge in [0, 0.05) is 24.1 Å². The molecule has 0 aliphatic carbocycles. The fraction of sp³-hybridized carbons (Fsp3) is 0.304. The topological polar surface area (TPSA) is 176 Å². The van der Waals surface area contributed by atoms with Gasteiger partial charge in [0.2, 0.25) is 5.91 Å². The Labute approximate surface area is 210 Å². The maximum Gasteiger partial charge on any atom is 0.311 e. The summed E-state index contributed by atoms with van der Waals surface area (Å²) in [5, 5.41) is 14.5. The van der Waals surface area contributed by atoms with Gasteiger partial charge in [0.05, 0.1) is 38.7 Å². The number of ether oxygens (including phenoxy) is 4. The summed E-state index contributed by atoms with van der Waals surface area (Å²) in [7, 11) is 4.22. The van der Waals surface area contributed by atoms with E-state index in [1.54, 1.807) is 0 Å². The first-order valence-electron chi connectivity index (χ1n) is 10.8. The molecule has 0 saturated carbocycles. The molecule has 1 aliphatic heterocycles. The molecule has 1 heterocycles. The molecule has 37 heavy (non-hydrogen) atoms. The first-order valence-corrected chi connectivity index (χ1v) is 10.8. The van der Waals surface area contributed by atoms with Gasteiger partial charge in [-0.25, -0.2) is 0 Å². The van der Waals surface area contributed by atoms with E-state index in [2.05, 4.69) is 10.7 Å². The second kappa shape index (κ2) is 11.7. The van der Waals surface area contributed by atoms with E-state index in [9.17, 15) is 29.3 Å². The lowest BCUT2D eigenvalue weighted by Crippen LogP contribution is -2.43. The van der Waals surface area contributed by atoms with E-state index in [0.29, 0.717) is 11.5 Å². The van der Waals surface area contributed by atoms with Crippen molar-refractivity contribution in [2.45, 2.75) is 6.42 Å². The lowest BCUT2D eigenvalue weighted by atomic mass is 10.1. The smallest absolute Gasteiger partial charge is 0.311 e. The highest BCUT2D eigenvalue weighted by Crippen LogP contribution is 2.29. The van der Waals surface area contributed by atoms with Gasteiger partial charge in [0.1, 0.15) is 11.4 Å². The third-order valence-corrected chi connectivity index (χ3v) is 5.36. The van der Waals surface area contributed by atoms with Gasteiger partial charge in [-0.2, -0.15) is 0 Å². The van der Waals surface area contributed by atoms with E-state index in [1.807, 2.05) is 0 Å². The van der Waals surface area contributed by atoms with Crippen molar-refractivity contribution in [3.63, 3.8) is 0 Å². The largest absolute Gasteiger partial charge is 0.497 e. The minimum absolute atomic E-state index is 0.134. The van der Waals surface area contributed by atoms with E-state index in [-0.39, 0.29) is 35.7 Å². The van der Waals surface area contributed by atoms with Gasteiger partial charge in [0.15, 0.2) is 18.1 Å². The van der Waals surface area contributed by atoms with Crippen LogP contribution in [-0.2, 0) is 19.1 Å². The molecule has 1 fully saturated rings. The molecule has 0 bridgehead atoms. The third-order valence-electron chi connectivity index (χ3n) is 5.36. The van der Waals surface area contributed by atoms with Crippen LogP contribution in [0.4, 0.5) is 11.4 Å². The molecule has 14 nitrogen and oxygen atoms in total. The number of nitro benzene ring substituents is 1. The molecule has 0 spiro atoms. The summed E-state index contributed by atoms with van der Waals surface area (Å²) < 4.78 is 20.3. The highest BCUT2D eigenvalue weighted by atomic mass is 16.6. The number of nitro groups is 1. The maximum atomic E-state index is 12.6. The number of amides is 3. The number of methoxy groups -OCH3 is 3. The number of hydrazine groups is 1. The van der Waals surface area contributed by atoms with Crippen molar-refractivity contribution in [2.24, 2.45) is 5.92 Å². The number of rotatable bonds is 10. The van der Waals surface area contributed by atoms with Crippen LogP contribution in [0.25, 0.3) is 0 Å². The third kappa shape index (κ3) is 6.42. The van der Waals surface area contributed by atoms with Crippen LogP contribution in [0.2, 0.25) is 0 Å². The summed E-state index contributed by atoms with van der Waals surface area (Å²) in [6.45, 7) is -0.907. The van der Waals surface area contributed by atoms with Gasteiger partial charge in [-0.1, -0.05) is 0 Å². The molecule has 14 heteroatoms. The first kappa shape index (κ1) is 26.7. The van der Waals surface area contributed by atoms with Crippen molar-refractivity contribution in [3.05, 3.63) is 52.1 Å². The SMILES string of the molecule is COc1ccc([N+](=O)[O-])c(NC(=O)COC(=O)[C@@H]2CC(=O)N(NC(=O)c3ccc(OC)c(OC)c3)C2)c1. The number of anilines is 1. The van der Waals surface area contributed by atoms with Crippen LogP contribution in [0.15, 0.2) is 36.4 Å². The van der Waals surface area contributed by atoms with Crippen LogP contribution >= 0.6 is 0 Å². The fourth-order valence-electron chi connectivity index (χ4n) is 3.48. The summed E-state index contributed by atoms with van der Waals surface area (Å²) in [6.07, 6.45) is -0.242. The lowest BCUT2D eigenvalue weighted by molar-refractivity contribution is -0.383. The molecule has 196 valence electrons. The summed E-state index contributed by atoms with van der Waals surface area (Å²) in [5.41, 5.74) is 2.12. The molecule has 0 radical (unpaired) electrons. The lowest BCUT2D eigenvalue weighted by Gasteiger charge is -2.18. The van der Waals surface area contributed by atoms with Crippen molar-refractivity contribution >= 4 is 35.1 Å². The van der Waals surface area contributed by atoms with E-state index in [4.69, 9.17) is 18.9 Å².